The lowest BCUT2D eigenvalue weighted by molar-refractivity contribution is -0.265. The number of amides is 1. The van der Waals surface area contributed by atoms with Gasteiger partial charge in [0.25, 0.3) is 11.7 Å². The Morgan fingerprint density at radius 2 is 1.57 bits per heavy atom. The fourth-order valence-electron chi connectivity index (χ4n) is 10.1. The van der Waals surface area contributed by atoms with Crippen molar-refractivity contribution in [3.8, 4) is 0 Å². The van der Waals surface area contributed by atoms with Gasteiger partial charge in [-0.1, -0.05) is 71.1 Å². The largest absolute Gasteiger partial charge is 0.460 e. The molecule has 14 nitrogen and oxygen atoms in total. The third-order valence-corrected chi connectivity index (χ3v) is 14.5. The Balaban J connectivity index is 1.70. The molecule has 2 bridgehead atoms. The lowest BCUT2D eigenvalue weighted by Crippen LogP contribution is -2.61. The average Bonchev–Trinajstić information content (AvgIpc) is 3.28. The van der Waals surface area contributed by atoms with Crippen molar-refractivity contribution in [3.63, 3.8) is 0 Å². The molecule has 4 aliphatic rings. The number of aliphatic hydroxyl groups is 3. The zero-order chi connectivity index (χ0) is 48.2. The molecule has 3 heterocycles. The van der Waals surface area contributed by atoms with E-state index in [1.807, 2.05) is 58.1 Å². The van der Waals surface area contributed by atoms with Crippen LogP contribution in [-0.2, 0) is 47.7 Å². The number of carbonyl (C=O) groups is 5. The van der Waals surface area contributed by atoms with Crippen molar-refractivity contribution >= 4 is 29.2 Å². The van der Waals surface area contributed by atoms with E-state index in [1.54, 1.807) is 41.1 Å². The first-order chi connectivity index (χ1) is 30.7. The van der Waals surface area contributed by atoms with Crippen LogP contribution in [0.15, 0.2) is 47.6 Å². The highest BCUT2D eigenvalue weighted by Crippen LogP contribution is 2.38. The summed E-state index contributed by atoms with van der Waals surface area (Å²) in [6, 6.07) is -1.14. The van der Waals surface area contributed by atoms with Crippen LogP contribution >= 0.6 is 0 Å². The summed E-state index contributed by atoms with van der Waals surface area (Å²) in [7, 11) is 4.52. The quantitative estimate of drug-likeness (QED) is 0.156. The summed E-state index contributed by atoms with van der Waals surface area (Å²) in [5.74, 6) is -7.96. The number of hydrogen-bond donors (Lipinski definition) is 3. The van der Waals surface area contributed by atoms with E-state index in [0.29, 0.717) is 63.4 Å². The molecule has 4 unspecified atom stereocenters. The van der Waals surface area contributed by atoms with Gasteiger partial charge in [0.2, 0.25) is 5.79 Å². The smallest absolute Gasteiger partial charge is 0.329 e. The maximum absolute atomic E-state index is 14.4. The minimum absolute atomic E-state index is 0.0193. The minimum Gasteiger partial charge on any atom is -0.460 e. The number of allylic oxidation sites excluding steroid dienone is 6. The summed E-state index contributed by atoms with van der Waals surface area (Å²) >= 11 is 0. The number of rotatable bonds is 6. The second-order valence-electron chi connectivity index (χ2n) is 19.6. The Kier molecular flexibility index (Phi) is 21.0. The highest BCUT2D eigenvalue weighted by molar-refractivity contribution is 6.39. The van der Waals surface area contributed by atoms with Crippen molar-refractivity contribution in [2.75, 3.05) is 27.9 Å². The number of ketones is 3. The molecule has 14 heteroatoms. The molecule has 3 aliphatic heterocycles. The first-order valence-corrected chi connectivity index (χ1v) is 23.9. The molecule has 4 rings (SSSR count). The van der Waals surface area contributed by atoms with Gasteiger partial charge in [0, 0.05) is 58.5 Å². The zero-order valence-corrected chi connectivity index (χ0v) is 40.6. The molecular formula is C51H79NO13. The van der Waals surface area contributed by atoms with Crippen LogP contribution in [0.5, 0.6) is 0 Å². The van der Waals surface area contributed by atoms with E-state index in [0.717, 1.165) is 12.0 Å². The van der Waals surface area contributed by atoms with Gasteiger partial charge in [-0.05, 0) is 107 Å². The molecule has 3 N–H and O–H groups in total. The van der Waals surface area contributed by atoms with Crippen LogP contribution in [0.4, 0.5) is 0 Å². The lowest BCUT2D eigenvalue weighted by Gasteiger charge is -2.42. The second-order valence-corrected chi connectivity index (χ2v) is 19.6. The number of fused-ring (bicyclic) bond motifs is 3. The summed E-state index contributed by atoms with van der Waals surface area (Å²) < 4.78 is 29.4. The highest BCUT2D eigenvalue weighted by Gasteiger charge is 2.53. The van der Waals surface area contributed by atoms with Gasteiger partial charge in [0.1, 0.15) is 30.1 Å². The average molecular weight is 914 g/mol. The molecule has 15 atom stereocenters. The molecule has 366 valence electrons. The Labute approximate surface area is 387 Å². The number of aliphatic hydroxyl groups excluding tert-OH is 2. The molecule has 1 saturated carbocycles. The zero-order valence-electron chi connectivity index (χ0n) is 40.6. The maximum atomic E-state index is 14.4. The number of methoxy groups -OCH3 is 3. The number of piperidine rings is 1. The first-order valence-electron chi connectivity index (χ1n) is 23.9. The number of carbonyl (C=O) groups excluding carboxylic acids is 5. The maximum Gasteiger partial charge on any atom is 0.329 e. The fraction of sp³-hybridized carbons (Fsp3) is 0.745. The Morgan fingerprint density at radius 3 is 2.25 bits per heavy atom. The summed E-state index contributed by atoms with van der Waals surface area (Å²) in [6.07, 6.45) is 11.2. The number of ether oxygens (including phenoxy) is 5. The number of esters is 1. The first kappa shape index (κ1) is 54.2. The van der Waals surface area contributed by atoms with E-state index < -0.39 is 83.9 Å². The normalized spacial score (nSPS) is 39.1. The Hall–Kier alpha value is -3.37. The Morgan fingerprint density at radius 1 is 0.846 bits per heavy atom. The third-order valence-electron chi connectivity index (χ3n) is 14.5. The molecule has 0 spiro atoms. The van der Waals surface area contributed by atoms with Crippen LogP contribution in [0.2, 0.25) is 0 Å². The summed E-state index contributed by atoms with van der Waals surface area (Å²) in [4.78, 5) is 71.8. The van der Waals surface area contributed by atoms with Gasteiger partial charge in [0.15, 0.2) is 5.78 Å². The molecule has 1 amide bonds. The van der Waals surface area contributed by atoms with Crippen LogP contribution in [0.1, 0.15) is 126 Å². The van der Waals surface area contributed by atoms with Gasteiger partial charge in [-0.3, -0.25) is 19.2 Å². The fourth-order valence-corrected chi connectivity index (χ4v) is 10.1. The van der Waals surface area contributed by atoms with Gasteiger partial charge in [-0.2, -0.15) is 0 Å². The number of Topliss-reactive ketones (excluding diaryl/α,β-unsaturated/α-hetero) is 3. The molecule has 0 aromatic rings. The van der Waals surface area contributed by atoms with E-state index in [-0.39, 0.29) is 54.8 Å². The summed E-state index contributed by atoms with van der Waals surface area (Å²) in [5.41, 5.74) is 1.27. The number of nitrogens with zero attached hydrogens (tertiary/aromatic N) is 1. The molecule has 1 aliphatic carbocycles. The van der Waals surface area contributed by atoms with Crippen LogP contribution in [0.25, 0.3) is 0 Å². The minimum atomic E-state index is -2.43. The monoisotopic (exact) mass is 914 g/mol. The predicted octanol–water partition coefficient (Wildman–Crippen LogP) is 6.18. The Bertz CT molecular complexity index is 1760. The molecule has 0 radical (unpaired) electrons. The topological polar surface area (TPSA) is 195 Å². The van der Waals surface area contributed by atoms with E-state index in [9.17, 15) is 39.3 Å². The second kappa shape index (κ2) is 25.1. The van der Waals surface area contributed by atoms with Gasteiger partial charge in [0.05, 0.1) is 24.4 Å². The number of cyclic esters (lactones) is 1. The van der Waals surface area contributed by atoms with Crippen molar-refractivity contribution < 1.29 is 63.0 Å². The third kappa shape index (κ3) is 14.3. The molecule has 65 heavy (non-hydrogen) atoms. The van der Waals surface area contributed by atoms with Crippen LogP contribution in [-0.4, -0.2) is 132 Å². The van der Waals surface area contributed by atoms with E-state index in [2.05, 4.69) is 0 Å². The van der Waals surface area contributed by atoms with Crippen LogP contribution in [0, 0.1) is 35.5 Å². The highest BCUT2D eigenvalue weighted by atomic mass is 16.6. The van der Waals surface area contributed by atoms with Crippen LogP contribution < -0.4 is 0 Å². The van der Waals surface area contributed by atoms with E-state index >= 15 is 0 Å². The van der Waals surface area contributed by atoms with Crippen molar-refractivity contribution in [2.45, 2.75) is 180 Å². The van der Waals surface area contributed by atoms with Gasteiger partial charge in [-0.25, -0.2) is 4.79 Å². The molecular weight excluding hydrogens is 835 g/mol. The van der Waals surface area contributed by atoms with E-state index in [4.69, 9.17) is 23.7 Å². The number of hydrogen-bond acceptors (Lipinski definition) is 13. The van der Waals surface area contributed by atoms with Gasteiger partial charge >= 0.3 is 5.97 Å². The van der Waals surface area contributed by atoms with E-state index in [1.165, 1.54) is 12.0 Å². The van der Waals surface area contributed by atoms with Crippen molar-refractivity contribution in [1.82, 2.24) is 4.90 Å². The summed E-state index contributed by atoms with van der Waals surface area (Å²) in [5, 5.41) is 33.8. The molecule has 0 aromatic heterocycles. The standard InChI is InChI=1S/C51H79NO13/c1-30-16-12-11-13-17-31(2)42(61-8)28-38-21-19-36(7)51(60,65-38)48(57)49(58)52-23-15-14-18-39(52)50(59)64-43(33(4)26-37-20-22-40(53)44(27-37)62-9)29-41(54)32(3)25-35(6)46(56)47(63-10)45(55)34(5)24-30/h11-13,16-17,25,30,32-34,36-40,42-44,46-47,53,56,60H,14-15,18-24,26-29H2,1-10H3/b13-11?,16-12+,31-17?,35-25+/t30-,32?,33-,34-,36-,37+,38?,39+,40?,42+,43+,44-,46?,47+,51-/m1/s1. The van der Waals surface area contributed by atoms with Crippen molar-refractivity contribution in [2.24, 2.45) is 35.5 Å². The summed E-state index contributed by atoms with van der Waals surface area (Å²) in [6.45, 7) is 12.7. The lowest BCUT2D eigenvalue weighted by atomic mass is 9.78. The molecule has 3 fully saturated rings. The van der Waals surface area contributed by atoms with Gasteiger partial charge < -0.3 is 43.9 Å². The molecule has 2 saturated heterocycles. The van der Waals surface area contributed by atoms with Crippen LogP contribution in [0.3, 0.4) is 0 Å². The van der Waals surface area contributed by atoms with Crippen molar-refractivity contribution in [3.05, 3.63) is 47.6 Å². The molecule has 0 aromatic carbocycles. The SMILES string of the molecule is CO[C@H]1CC2CC[C@@H](C)[C@@](O)(O2)C(=O)C(=O)N2CCCC[C@H]2C(=O)O[C@H]([C@H](C)C[C@@H]2CCC(O)[C@H](OC)C2)CC(=O)C(C)/C=C(\C)C(O)[C@@H](OC)C(=O)[C@H](C)C[C@H](C)/C=C/C=CC=C1C. The van der Waals surface area contributed by atoms with Gasteiger partial charge in [-0.15, -0.1) is 0 Å². The predicted molar refractivity (Wildman–Crippen MR) is 245 cm³/mol. The van der Waals surface area contributed by atoms with Crippen molar-refractivity contribution in [1.29, 1.82) is 0 Å².